The lowest BCUT2D eigenvalue weighted by atomic mass is 9.89. The zero-order valence-electron chi connectivity index (χ0n) is 26.9. The van der Waals surface area contributed by atoms with Crippen LogP contribution in [-0.4, -0.2) is 41.7 Å². The van der Waals surface area contributed by atoms with Crippen LogP contribution in [0.2, 0.25) is 0 Å². The maximum atomic E-state index is 14.1. The highest BCUT2D eigenvalue weighted by atomic mass is 19.2. The molecule has 0 saturated carbocycles. The number of aliphatic hydroxyl groups excluding tert-OH is 1. The number of hydrogen-bond acceptors (Lipinski definition) is 5. The highest BCUT2D eigenvalue weighted by Crippen LogP contribution is 2.42. The van der Waals surface area contributed by atoms with Crippen LogP contribution in [0, 0.1) is 35.0 Å². The summed E-state index contributed by atoms with van der Waals surface area (Å²) in [7, 11) is 0. The summed E-state index contributed by atoms with van der Waals surface area (Å²) in [4.78, 5) is 14.9. The molecule has 2 heterocycles. The molecule has 0 unspecified atom stereocenters. The van der Waals surface area contributed by atoms with Gasteiger partial charge in [-0.15, -0.1) is 0 Å². The van der Waals surface area contributed by atoms with Crippen molar-refractivity contribution >= 4 is 5.91 Å². The molecular formula is C38H37F5N2O4. The van der Waals surface area contributed by atoms with Gasteiger partial charge in [-0.1, -0.05) is 80.1 Å². The highest BCUT2D eigenvalue weighted by molar-refractivity contribution is 5.94. The lowest BCUT2D eigenvalue weighted by molar-refractivity contribution is -0.276. The Bertz CT molecular complexity index is 1750. The topological polar surface area (TPSA) is 71.0 Å². The molecule has 1 amide bonds. The molecule has 2 fully saturated rings. The SMILES string of the molecule is C[C@@H]1[C@H](CN2CCCCC2)O[C@H](c2ccc(-c3cccc(CNC(=O)c4c(F)c(F)c(F)c(F)c4F)c3)cc2)O[C@@H]1c1ccc(CO)cc1. The number of rotatable bonds is 9. The quantitative estimate of drug-likeness (QED) is 0.108. The number of hydrogen-bond donors (Lipinski definition) is 2. The van der Waals surface area contributed by atoms with Gasteiger partial charge in [-0.25, -0.2) is 22.0 Å². The first-order valence-electron chi connectivity index (χ1n) is 16.4. The van der Waals surface area contributed by atoms with Crippen LogP contribution < -0.4 is 5.32 Å². The summed E-state index contributed by atoms with van der Waals surface area (Å²) in [5, 5.41) is 11.8. The van der Waals surface area contributed by atoms with E-state index in [9.17, 15) is 31.9 Å². The summed E-state index contributed by atoms with van der Waals surface area (Å²) >= 11 is 0. The molecular weight excluding hydrogens is 643 g/mol. The largest absolute Gasteiger partial charge is 0.392 e. The minimum absolute atomic E-state index is 0.0347. The molecule has 2 aliphatic rings. The van der Waals surface area contributed by atoms with Gasteiger partial charge >= 0.3 is 0 Å². The molecule has 6 nitrogen and oxygen atoms in total. The highest BCUT2D eigenvalue weighted by Gasteiger charge is 2.39. The smallest absolute Gasteiger partial charge is 0.257 e. The zero-order valence-corrected chi connectivity index (χ0v) is 26.9. The number of piperidine rings is 1. The third-order valence-electron chi connectivity index (χ3n) is 9.34. The molecule has 0 spiro atoms. The van der Waals surface area contributed by atoms with Gasteiger partial charge in [-0.05, 0) is 59.8 Å². The van der Waals surface area contributed by atoms with Crippen LogP contribution in [0.15, 0.2) is 72.8 Å². The van der Waals surface area contributed by atoms with Crippen molar-refractivity contribution in [2.24, 2.45) is 5.92 Å². The van der Waals surface area contributed by atoms with Crippen LogP contribution >= 0.6 is 0 Å². The van der Waals surface area contributed by atoms with Gasteiger partial charge in [0.05, 0.1) is 18.8 Å². The molecule has 4 aromatic carbocycles. The Morgan fingerprint density at radius 1 is 0.776 bits per heavy atom. The monoisotopic (exact) mass is 680 g/mol. The number of nitrogens with one attached hydrogen (secondary N) is 1. The number of nitrogens with zero attached hydrogens (tertiary/aromatic N) is 1. The molecule has 0 bridgehead atoms. The van der Waals surface area contributed by atoms with Crippen molar-refractivity contribution in [3.05, 3.63) is 130 Å². The van der Waals surface area contributed by atoms with Gasteiger partial charge in [0.2, 0.25) is 5.82 Å². The summed E-state index contributed by atoms with van der Waals surface area (Å²) in [6, 6.07) is 22.5. The standard InChI is InChI=1S/C38H37F5N2O4/c1-22-29(20-45-16-3-2-4-17-45)48-38(49-36(22)26-10-8-23(21-46)9-11-26)27-14-12-25(13-15-27)28-7-5-6-24(18-28)19-44-37(47)30-31(39)33(41)35(43)34(42)32(30)40/h5-15,18,22,29,36,38,46H,2-4,16-17,19-21H2,1H3,(H,44,47)/t22-,29+,36+,38+/m1/s1. The lowest BCUT2D eigenvalue weighted by Gasteiger charge is -2.43. The Labute approximate surface area is 281 Å². The lowest BCUT2D eigenvalue weighted by Crippen LogP contribution is -2.45. The Morgan fingerprint density at radius 2 is 1.41 bits per heavy atom. The molecule has 0 aliphatic carbocycles. The number of benzene rings is 4. The molecule has 4 atom stereocenters. The zero-order chi connectivity index (χ0) is 34.7. The summed E-state index contributed by atoms with van der Waals surface area (Å²) < 4.78 is 82.0. The summed E-state index contributed by atoms with van der Waals surface area (Å²) in [6.07, 6.45) is 2.67. The van der Waals surface area contributed by atoms with Crippen LogP contribution in [0.5, 0.6) is 0 Å². The third-order valence-corrected chi connectivity index (χ3v) is 9.34. The fourth-order valence-electron chi connectivity index (χ4n) is 6.49. The second-order valence-electron chi connectivity index (χ2n) is 12.6. The maximum Gasteiger partial charge on any atom is 0.257 e. The number of likely N-dealkylation sites (tertiary alicyclic amines) is 1. The van der Waals surface area contributed by atoms with E-state index in [0.717, 1.165) is 47.5 Å². The van der Waals surface area contributed by atoms with Crippen molar-refractivity contribution in [2.45, 2.75) is 57.8 Å². The molecule has 6 rings (SSSR count). The van der Waals surface area contributed by atoms with Crippen molar-refractivity contribution in [3.63, 3.8) is 0 Å². The molecule has 0 aromatic heterocycles. The summed E-state index contributed by atoms with van der Waals surface area (Å²) in [6.45, 7) is 4.79. The Kier molecular flexibility index (Phi) is 10.7. The average molecular weight is 681 g/mol. The maximum absolute atomic E-state index is 14.1. The van der Waals surface area contributed by atoms with Gasteiger partial charge < -0.3 is 24.8 Å². The molecule has 2 N–H and O–H groups in total. The molecule has 11 heteroatoms. The Balaban J connectivity index is 1.18. The third kappa shape index (κ3) is 7.55. The summed E-state index contributed by atoms with van der Waals surface area (Å²) in [5.41, 5.74) is 3.30. The van der Waals surface area contributed by atoms with E-state index in [4.69, 9.17) is 9.47 Å². The summed E-state index contributed by atoms with van der Waals surface area (Å²) in [5.74, 6) is -12.4. The van der Waals surface area contributed by atoms with Crippen LogP contribution in [0.1, 0.15) is 71.2 Å². The van der Waals surface area contributed by atoms with E-state index in [2.05, 4.69) is 17.1 Å². The van der Waals surface area contributed by atoms with E-state index >= 15 is 0 Å². The second-order valence-corrected chi connectivity index (χ2v) is 12.6. The van der Waals surface area contributed by atoms with E-state index < -0.39 is 46.8 Å². The van der Waals surface area contributed by atoms with E-state index in [1.807, 2.05) is 54.6 Å². The number of halogens is 5. The van der Waals surface area contributed by atoms with Gasteiger partial charge in [0.15, 0.2) is 29.6 Å². The first-order valence-corrected chi connectivity index (χ1v) is 16.4. The van der Waals surface area contributed by atoms with Gasteiger partial charge in [-0.3, -0.25) is 4.79 Å². The van der Waals surface area contributed by atoms with Crippen molar-refractivity contribution < 1.29 is 41.3 Å². The van der Waals surface area contributed by atoms with Crippen molar-refractivity contribution in [2.75, 3.05) is 19.6 Å². The molecule has 2 saturated heterocycles. The fourth-order valence-corrected chi connectivity index (χ4v) is 6.49. The van der Waals surface area contributed by atoms with Crippen molar-refractivity contribution in [3.8, 4) is 11.1 Å². The van der Waals surface area contributed by atoms with Gasteiger partial charge in [-0.2, -0.15) is 0 Å². The van der Waals surface area contributed by atoms with Gasteiger partial charge in [0.1, 0.15) is 5.56 Å². The van der Waals surface area contributed by atoms with Crippen molar-refractivity contribution in [1.82, 2.24) is 10.2 Å². The number of carbonyl (C=O) groups is 1. The normalized spacial score (nSPS) is 21.4. The predicted molar refractivity (Wildman–Crippen MR) is 173 cm³/mol. The first-order chi connectivity index (χ1) is 23.6. The van der Waals surface area contributed by atoms with E-state index in [1.54, 1.807) is 18.2 Å². The number of aliphatic hydroxyl groups is 1. The van der Waals surface area contributed by atoms with E-state index in [0.29, 0.717) is 5.56 Å². The molecule has 4 aromatic rings. The number of amides is 1. The van der Waals surface area contributed by atoms with E-state index in [-0.39, 0.29) is 31.3 Å². The van der Waals surface area contributed by atoms with E-state index in [1.165, 1.54) is 19.3 Å². The molecule has 49 heavy (non-hydrogen) atoms. The minimum atomic E-state index is -2.33. The number of carbonyl (C=O) groups excluding carboxylic acids is 1. The Morgan fingerprint density at radius 3 is 2.06 bits per heavy atom. The molecule has 0 radical (unpaired) electrons. The average Bonchev–Trinajstić information content (AvgIpc) is 3.14. The molecule has 2 aliphatic heterocycles. The van der Waals surface area contributed by atoms with Gasteiger partial charge in [0.25, 0.3) is 5.91 Å². The van der Waals surface area contributed by atoms with Gasteiger partial charge in [0, 0.05) is 24.6 Å². The van der Waals surface area contributed by atoms with Crippen LogP contribution in [0.25, 0.3) is 11.1 Å². The molecule has 258 valence electrons. The first kappa shape index (κ1) is 34.7. The van der Waals surface area contributed by atoms with Crippen LogP contribution in [0.4, 0.5) is 22.0 Å². The van der Waals surface area contributed by atoms with Crippen molar-refractivity contribution in [1.29, 1.82) is 0 Å². The van der Waals surface area contributed by atoms with Crippen LogP contribution in [-0.2, 0) is 22.6 Å². The number of ether oxygens (including phenoxy) is 2. The minimum Gasteiger partial charge on any atom is -0.392 e. The predicted octanol–water partition coefficient (Wildman–Crippen LogP) is 7.75. The fraction of sp³-hybridized carbons (Fsp3) is 0.342. The van der Waals surface area contributed by atoms with Crippen LogP contribution in [0.3, 0.4) is 0 Å². The second kappa shape index (κ2) is 15.2. The Hall–Kier alpha value is -4.16.